The Bertz CT molecular complexity index is 2620. The van der Waals surface area contributed by atoms with Crippen molar-refractivity contribution in [2.75, 3.05) is 10.6 Å². The maximum absolute atomic E-state index is 13.7. The van der Waals surface area contributed by atoms with Gasteiger partial charge in [0.05, 0.1) is 22.6 Å². The van der Waals surface area contributed by atoms with Crippen LogP contribution in [0.1, 0.15) is 11.1 Å². The Kier molecular flexibility index (Phi) is 13.6. The second kappa shape index (κ2) is 18.1. The molecule has 2 heterocycles. The Balaban J connectivity index is 0.000000214. The predicted molar refractivity (Wildman–Crippen MR) is 215 cm³/mol. The highest BCUT2D eigenvalue weighted by Crippen LogP contribution is 2.31. The van der Waals surface area contributed by atoms with E-state index < -0.39 is 31.8 Å². The normalized spacial score (nSPS) is 11.2. The van der Waals surface area contributed by atoms with E-state index in [0.29, 0.717) is 33.0 Å². The van der Waals surface area contributed by atoms with E-state index in [4.69, 9.17) is 45.1 Å². The summed E-state index contributed by atoms with van der Waals surface area (Å²) < 4.78 is 61.9. The molecule has 0 unspecified atom stereocenters. The van der Waals surface area contributed by atoms with E-state index in [1.165, 1.54) is 60.9 Å². The first-order chi connectivity index (χ1) is 26.5. The molecule has 6 N–H and O–H groups in total. The topological polar surface area (TPSA) is 204 Å². The van der Waals surface area contributed by atoms with E-state index in [0.717, 1.165) is 5.56 Å². The van der Waals surface area contributed by atoms with Crippen molar-refractivity contribution in [3.8, 4) is 22.3 Å². The zero-order valence-electron chi connectivity index (χ0n) is 28.8. The van der Waals surface area contributed by atoms with Gasteiger partial charge < -0.3 is 10.6 Å². The predicted octanol–water partition coefficient (Wildman–Crippen LogP) is 7.25. The fraction of sp³-hybridized carbons (Fsp3) is 0.0526. The molecule has 0 atom stereocenters. The Morgan fingerprint density at radius 3 is 1.50 bits per heavy atom. The van der Waals surface area contributed by atoms with E-state index in [1.54, 1.807) is 60.7 Å². The van der Waals surface area contributed by atoms with Gasteiger partial charge in [0.1, 0.15) is 16.1 Å². The van der Waals surface area contributed by atoms with Crippen LogP contribution in [0, 0.1) is 5.82 Å². The maximum Gasteiger partial charge on any atom is 0.238 e. The van der Waals surface area contributed by atoms with Crippen LogP contribution in [0.3, 0.4) is 0 Å². The number of primary sulfonamides is 2. The van der Waals surface area contributed by atoms with Crippen molar-refractivity contribution in [2.24, 2.45) is 10.3 Å². The number of amides is 2. The van der Waals surface area contributed by atoms with Crippen LogP contribution < -0.4 is 20.9 Å². The average Bonchev–Trinajstić information content (AvgIpc) is 3.14. The number of rotatable bonds is 10. The molecule has 56 heavy (non-hydrogen) atoms. The molecule has 0 aliphatic carbocycles. The minimum atomic E-state index is -4.09. The summed E-state index contributed by atoms with van der Waals surface area (Å²) in [5.41, 5.74) is 3.25. The highest BCUT2D eigenvalue weighted by Gasteiger charge is 2.19. The smallest absolute Gasteiger partial charge is 0.238 e. The molecule has 288 valence electrons. The highest BCUT2D eigenvalue weighted by molar-refractivity contribution is 7.89. The standard InChI is InChI=1S/C19H15Cl2N3O3S.C19H15ClFN3O3S/c20-14-4-1-12(2-5-14)9-19(25)24-15-6-7-16(17(10-15)28(22,26)27)13-3-8-18(21)23-11-13;20-18-8-5-13(11-23-18)15-7-6-14(10-17(15)28(22,26)27)24-19(25)9-12-3-1-2-4-16(12)21/h2*1-8,10-11H,9H2,(H,24,25)(H2,22,26,27). The van der Waals surface area contributed by atoms with Crippen molar-refractivity contribution in [2.45, 2.75) is 22.6 Å². The van der Waals surface area contributed by atoms with Gasteiger partial charge in [-0.15, -0.1) is 0 Å². The summed E-state index contributed by atoms with van der Waals surface area (Å²) in [5, 5.41) is 17.1. The molecule has 0 radical (unpaired) electrons. The molecule has 4 aromatic carbocycles. The Morgan fingerprint density at radius 1 is 0.607 bits per heavy atom. The molecule has 2 amide bonds. The molecule has 0 bridgehead atoms. The lowest BCUT2D eigenvalue weighted by Crippen LogP contribution is -2.17. The van der Waals surface area contributed by atoms with Crippen LogP contribution in [-0.2, 0) is 42.5 Å². The highest BCUT2D eigenvalue weighted by atomic mass is 35.5. The van der Waals surface area contributed by atoms with E-state index in [-0.39, 0.29) is 50.1 Å². The van der Waals surface area contributed by atoms with Gasteiger partial charge in [-0.25, -0.2) is 41.5 Å². The first-order valence-electron chi connectivity index (χ1n) is 16.1. The van der Waals surface area contributed by atoms with Gasteiger partial charge in [0.2, 0.25) is 31.9 Å². The van der Waals surface area contributed by atoms with Crippen molar-refractivity contribution in [3.05, 3.63) is 154 Å². The molecule has 0 fully saturated rings. The lowest BCUT2D eigenvalue weighted by molar-refractivity contribution is -0.116. The summed E-state index contributed by atoms with van der Waals surface area (Å²) in [4.78, 5) is 32.1. The third-order valence-electron chi connectivity index (χ3n) is 7.81. The molecule has 12 nitrogen and oxygen atoms in total. The van der Waals surface area contributed by atoms with Crippen LogP contribution in [0.15, 0.2) is 131 Å². The summed E-state index contributed by atoms with van der Waals surface area (Å²) in [6, 6.07) is 27.9. The first kappa shape index (κ1) is 41.9. The van der Waals surface area contributed by atoms with Crippen molar-refractivity contribution in [3.63, 3.8) is 0 Å². The first-order valence-corrected chi connectivity index (χ1v) is 20.3. The fourth-order valence-electron chi connectivity index (χ4n) is 5.23. The average molecular weight is 856 g/mol. The molecule has 6 aromatic rings. The Hall–Kier alpha value is -5.26. The molecular weight excluding hydrogens is 826 g/mol. The van der Waals surface area contributed by atoms with E-state index in [1.807, 2.05) is 0 Å². The van der Waals surface area contributed by atoms with Crippen molar-refractivity contribution in [1.82, 2.24) is 9.97 Å². The van der Waals surface area contributed by atoms with Crippen LogP contribution in [-0.4, -0.2) is 38.6 Å². The number of halogens is 4. The van der Waals surface area contributed by atoms with Crippen LogP contribution >= 0.6 is 34.8 Å². The zero-order chi connectivity index (χ0) is 40.6. The van der Waals surface area contributed by atoms with Crippen LogP contribution in [0.5, 0.6) is 0 Å². The summed E-state index contributed by atoms with van der Waals surface area (Å²) in [6.07, 6.45) is 2.79. The summed E-state index contributed by atoms with van der Waals surface area (Å²) in [6.45, 7) is 0. The molecule has 6 rings (SSSR count). The number of hydrogen-bond acceptors (Lipinski definition) is 8. The van der Waals surface area contributed by atoms with Gasteiger partial charge in [0.25, 0.3) is 0 Å². The minimum Gasteiger partial charge on any atom is -0.326 e. The molecular formula is C38H30Cl3FN6O6S2. The molecule has 0 saturated carbocycles. The summed E-state index contributed by atoms with van der Waals surface area (Å²) in [7, 11) is -8.13. The lowest BCUT2D eigenvalue weighted by atomic mass is 10.1. The van der Waals surface area contributed by atoms with Gasteiger partial charge in [0.15, 0.2) is 0 Å². The summed E-state index contributed by atoms with van der Waals surface area (Å²) >= 11 is 17.4. The van der Waals surface area contributed by atoms with Crippen molar-refractivity contribution >= 4 is 78.0 Å². The number of carbonyl (C=O) groups excluding carboxylic acids is 2. The number of benzene rings is 4. The minimum absolute atomic E-state index is 0.116. The van der Waals surface area contributed by atoms with Gasteiger partial charge in [-0.3, -0.25) is 9.59 Å². The number of hydrogen-bond donors (Lipinski definition) is 4. The number of nitrogens with one attached hydrogen (secondary N) is 2. The maximum atomic E-state index is 13.7. The molecule has 0 saturated heterocycles. The van der Waals surface area contributed by atoms with Gasteiger partial charge in [-0.2, -0.15) is 0 Å². The third-order valence-corrected chi connectivity index (χ3v) is 10.4. The number of nitrogens with two attached hydrogens (primary N) is 2. The molecule has 0 aliphatic rings. The van der Waals surface area contributed by atoms with Gasteiger partial charge in [-0.1, -0.05) is 77.3 Å². The molecule has 18 heteroatoms. The van der Waals surface area contributed by atoms with Crippen LogP contribution in [0.25, 0.3) is 22.3 Å². The molecule has 0 spiro atoms. The Labute approximate surface area is 336 Å². The number of anilines is 2. The van der Waals surface area contributed by atoms with Gasteiger partial charge in [-0.05, 0) is 77.9 Å². The zero-order valence-corrected chi connectivity index (χ0v) is 32.7. The second-order valence-electron chi connectivity index (χ2n) is 11.9. The van der Waals surface area contributed by atoms with Gasteiger partial charge >= 0.3 is 0 Å². The lowest BCUT2D eigenvalue weighted by Gasteiger charge is -2.12. The largest absolute Gasteiger partial charge is 0.326 e. The van der Waals surface area contributed by atoms with E-state index in [9.17, 15) is 30.8 Å². The fourth-order valence-corrected chi connectivity index (χ4v) is 7.15. The van der Waals surface area contributed by atoms with Crippen molar-refractivity contribution in [1.29, 1.82) is 0 Å². The third kappa shape index (κ3) is 11.6. The number of sulfonamides is 2. The monoisotopic (exact) mass is 854 g/mol. The van der Waals surface area contributed by atoms with Crippen molar-refractivity contribution < 1.29 is 30.8 Å². The van der Waals surface area contributed by atoms with Gasteiger partial charge in [0, 0.05) is 51.0 Å². The van der Waals surface area contributed by atoms with E-state index in [2.05, 4.69) is 20.6 Å². The van der Waals surface area contributed by atoms with E-state index >= 15 is 0 Å². The second-order valence-corrected chi connectivity index (χ2v) is 16.2. The Morgan fingerprint density at radius 2 is 1.07 bits per heavy atom. The number of nitrogens with zero attached hydrogens (tertiary/aromatic N) is 2. The number of aromatic nitrogens is 2. The quantitative estimate of drug-likeness (QED) is 0.103. The molecule has 0 aliphatic heterocycles. The SMILES string of the molecule is NS(=O)(=O)c1cc(NC(=O)Cc2ccc(Cl)cc2)ccc1-c1ccc(Cl)nc1.NS(=O)(=O)c1cc(NC(=O)Cc2ccccc2F)ccc1-c1ccc(Cl)nc1. The number of carbonyl (C=O) groups is 2. The molecule has 2 aromatic heterocycles. The van der Waals surface area contributed by atoms with Crippen LogP contribution in [0.2, 0.25) is 15.3 Å². The van der Waals surface area contributed by atoms with Crippen LogP contribution in [0.4, 0.5) is 15.8 Å². The number of pyridine rings is 2. The summed E-state index contributed by atoms with van der Waals surface area (Å²) in [5.74, 6) is -1.29.